The number of carbonyl (C=O) groups excluding carboxylic acids is 1. The van der Waals surface area contributed by atoms with E-state index in [9.17, 15) is 4.79 Å². The first-order valence-corrected chi connectivity index (χ1v) is 7.70. The maximum atomic E-state index is 12.2. The molecule has 3 N–H and O–H groups in total. The van der Waals surface area contributed by atoms with Crippen LogP contribution in [0.15, 0.2) is 23.6 Å². The van der Waals surface area contributed by atoms with Crippen molar-refractivity contribution in [1.82, 2.24) is 4.98 Å². The van der Waals surface area contributed by atoms with Crippen molar-refractivity contribution in [2.24, 2.45) is 5.73 Å². The molecule has 0 spiro atoms. The second-order valence-electron chi connectivity index (χ2n) is 4.63. The molecule has 0 fully saturated rings. The normalized spacial score (nSPS) is 10.5. The molecule has 1 amide bonds. The van der Waals surface area contributed by atoms with Gasteiger partial charge in [0.1, 0.15) is 23.1 Å². The lowest BCUT2D eigenvalue weighted by atomic mass is 10.2. The zero-order chi connectivity index (χ0) is 15.9. The van der Waals surface area contributed by atoms with E-state index >= 15 is 0 Å². The quantitative estimate of drug-likeness (QED) is 0.763. The van der Waals surface area contributed by atoms with E-state index in [0.717, 1.165) is 10.6 Å². The summed E-state index contributed by atoms with van der Waals surface area (Å²) < 4.78 is 10.6. The van der Waals surface area contributed by atoms with Gasteiger partial charge in [0.05, 0.1) is 12.3 Å². The Labute approximate surface area is 133 Å². The monoisotopic (exact) mass is 321 g/mol. The van der Waals surface area contributed by atoms with Crippen LogP contribution >= 0.6 is 11.3 Å². The van der Waals surface area contributed by atoms with Gasteiger partial charge in [-0.3, -0.25) is 4.79 Å². The number of anilines is 1. The molecular formula is C15H19N3O3S. The van der Waals surface area contributed by atoms with Gasteiger partial charge in [-0.15, -0.1) is 11.3 Å². The number of amides is 1. The van der Waals surface area contributed by atoms with Gasteiger partial charge < -0.3 is 20.5 Å². The zero-order valence-corrected chi connectivity index (χ0v) is 13.4. The highest BCUT2D eigenvalue weighted by atomic mass is 32.1. The Morgan fingerprint density at radius 3 is 2.91 bits per heavy atom. The van der Waals surface area contributed by atoms with E-state index < -0.39 is 0 Å². The molecule has 0 saturated carbocycles. The molecule has 22 heavy (non-hydrogen) atoms. The van der Waals surface area contributed by atoms with Gasteiger partial charge in [-0.25, -0.2) is 4.98 Å². The number of hydrogen-bond acceptors (Lipinski definition) is 6. The van der Waals surface area contributed by atoms with E-state index in [1.165, 1.54) is 11.3 Å². The number of ether oxygens (including phenoxy) is 2. The highest BCUT2D eigenvalue weighted by Gasteiger charge is 2.13. The molecule has 118 valence electrons. The van der Waals surface area contributed by atoms with Crippen molar-refractivity contribution in [3.8, 4) is 5.75 Å². The molecule has 0 unspecified atom stereocenters. The molecule has 7 heteroatoms. The summed E-state index contributed by atoms with van der Waals surface area (Å²) in [5, 5.41) is 5.24. The van der Waals surface area contributed by atoms with Crippen LogP contribution in [0.1, 0.15) is 21.1 Å². The average molecular weight is 321 g/mol. The summed E-state index contributed by atoms with van der Waals surface area (Å²) in [5.74, 6) is 0.330. The van der Waals surface area contributed by atoms with Crippen molar-refractivity contribution in [2.45, 2.75) is 13.5 Å². The number of nitrogens with two attached hydrogens (primary N) is 1. The summed E-state index contributed by atoms with van der Waals surface area (Å²) in [6, 6.07) is 5.59. The zero-order valence-electron chi connectivity index (χ0n) is 12.6. The smallest absolute Gasteiger partial charge is 0.275 e. The highest BCUT2D eigenvalue weighted by Crippen LogP contribution is 2.26. The van der Waals surface area contributed by atoms with Crippen molar-refractivity contribution in [1.29, 1.82) is 0 Å². The number of hydrogen-bond donors (Lipinski definition) is 2. The number of thiazole rings is 1. The third-order valence-corrected chi connectivity index (χ3v) is 3.76. The maximum absolute atomic E-state index is 12.2. The second-order valence-corrected chi connectivity index (χ2v) is 5.57. The van der Waals surface area contributed by atoms with Crippen LogP contribution in [0, 0.1) is 6.92 Å². The number of nitrogens with one attached hydrogen (secondary N) is 1. The van der Waals surface area contributed by atoms with Crippen molar-refractivity contribution in [3.63, 3.8) is 0 Å². The Balaban J connectivity index is 2.12. The second kappa shape index (κ2) is 7.88. The molecule has 0 aliphatic carbocycles. The van der Waals surface area contributed by atoms with Crippen LogP contribution in [-0.4, -0.2) is 31.2 Å². The summed E-state index contributed by atoms with van der Waals surface area (Å²) in [6.45, 7) is 3.18. The first kappa shape index (κ1) is 16.4. The van der Waals surface area contributed by atoms with Gasteiger partial charge in [0.2, 0.25) is 0 Å². The van der Waals surface area contributed by atoms with Gasteiger partial charge >= 0.3 is 0 Å². The molecule has 0 saturated heterocycles. The summed E-state index contributed by atoms with van der Waals surface area (Å²) in [5.41, 5.74) is 7.52. The van der Waals surface area contributed by atoms with Gasteiger partial charge in [0, 0.05) is 19.0 Å². The molecule has 0 aliphatic heterocycles. The van der Waals surface area contributed by atoms with Gasteiger partial charge in [-0.05, 0) is 24.6 Å². The van der Waals surface area contributed by atoms with E-state index in [-0.39, 0.29) is 5.91 Å². The van der Waals surface area contributed by atoms with Gasteiger partial charge in [0.25, 0.3) is 5.91 Å². The standard InChI is InChI=1S/C15H19N3O3S/c1-10-3-4-11(13(7-10)21-6-5-20-2)18-15(19)12-9-22-14(8-16)17-12/h3-4,7,9H,5-6,8,16H2,1-2H3,(H,18,19). The number of benzene rings is 1. The molecule has 0 atom stereocenters. The molecule has 0 radical (unpaired) electrons. The van der Waals surface area contributed by atoms with E-state index in [1.807, 2.05) is 25.1 Å². The molecule has 2 aromatic rings. The third kappa shape index (κ3) is 4.27. The van der Waals surface area contributed by atoms with E-state index in [4.69, 9.17) is 15.2 Å². The lowest BCUT2D eigenvalue weighted by molar-refractivity contribution is 0.102. The first-order valence-electron chi connectivity index (χ1n) is 6.82. The molecule has 2 rings (SSSR count). The Morgan fingerprint density at radius 1 is 1.41 bits per heavy atom. The molecule has 1 heterocycles. The highest BCUT2D eigenvalue weighted by molar-refractivity contribution is 7.09. The van der Waals surface area contributed by atoms with Gasteiger partial charge in [0.15, 0.2) is 0 Å². The summed E-state index contributed by atoms with van der Waals surface area (Å²) in [4.78, 5) is 16.4. The van der Waals surface area contributed by atoms with E-state index in [2.05, 4.69) is 10.3 Å². The minimum absolute atomic E-state index is 0.281. The van der Waals surface area contributed by atoms with Crippen molar-refractivity contribution in [2.75, 3.05) is 25.6 Å². The number of methoxy groups -OCH3 is 1. The number of aryl methyl sites for hydroxylation is 1. The predicted molar refractivity (Wildman–Crippen MR) is 86.5 cm³/mol. The van der Waals surface area contributed by atoms with Crippen LogP contribution in [0.3, 0.4) is 0 Å². The lowest BCUT2D eigenvalue weighted by Crippen LogP contribution is -2.14. The fourth-order valence-electron chi connectivity index (χ4n) is 1.78. The largest absolute Gasteiger partial charge is 0.489 e. The third-order valence-electron chi connectivity index (χ3n) is 2.89. The Hall–Kier alpha value is -1.96. The van der Waals surface area contributed by atoms with Crippen LogP contribution in [0.2, 0.25) is 0 Å². The van der Waals surface area contributed by atoms with Gasteiger partial charge in [-0.2, -0.15) is 0 Å². The van der Waals surface area contributed by atoms with E-state index in [0.29, 0.717) is 36.9 Å². The minimum atomic E-state index is -0.281. The van der Waals surface area contributed by atoms with Crippen LogP contribution in [0.25, 0.3) is 0 Å². The molecule has 0 aliphatic rings. The van der Waals surface area contributed by atoms with Crippen molar-refractivity contribution < 1.29 is 14.3 Å². The number of nitrogens with zero attached hydrogens (tertiary/aromatic N) is 1. The summed E-state index contributed by atoms with van der Waals surface area (Å²) >= 11 is 1.37. The maximum Gasteiger partial charge on any atom is 0.275 e. The first-order chi connectivity index (χ1) is 10.6. The SMILES string of the molecule is COCCOc1cc(C)ccc1NC(=O)c1csc(CN)n1. The topological polar surface area (TPSA) is 86.5 Å². The number of carbonyl (C=O) groups is 1. The predicted octanol–water partition coefficient (Wildman–Crippen LogP) is 2.19. The fraction of sp³-hybridized carbons (Fsp3) is 0.333. The summed E-state index contributed by atoms with van der Waals surface area (Å²) in [6.07, 6.45) is 0. The summed E-state index contributed by atoms with van der Waals surface area (Å²) in [7, 11) is 1.61. The van der Waals surface area contributed by atoms with Gasteiger partial charge in [-0.1, -0.05) is 6.07 Å². The number of rotatable bonds is 7. The van der Waals surface area contributed by atoms with Crippen LogP contribution in [0.4, 0.5) is 5.69 Å². The Bertz CT molecular complexity index is 643. The molecular weight excluding hydrogens is 302 g/mol. The molecule has 0 bridgehead atoms. The van der Waals surface area contributed by atoms with E-state index in [1.54, 1.807) is 12.5 Å². The van der Waals surface area contributed by atoms with Crippen LogP contribution in [0.5, 0.6) is 5.75 Å². The van der Waals surface area contributed by atoms with Crippen LogP contribution < -0.4 is 15.8 Å². The number of aromatic nitrogens is 1. The fourth-order valence-corrected chi connectivity index (χ4v) is 2.44. The Kier molecular flexibility index (Phi) is 5.88. The minimum Gasteiger partial charge on any atom is -0.489 e. The van der Waals surface area contributed by atoms with Crippen molar-refractivity contribution in [3.05, 3.63) is 39.8 Å². The molecule has 1 aromatic heterocycles. The lowest BCUT2D eigenvalue weighted by Gasteiger charge is -2.12. The van der Waals surface area contributed by atoms with Crippen LogP contribution in [-0.2, 0) is 11.3 Å². The Morgan fingerprint density at radius 2 is 2.23 bits per heavy atom. The average Bonchev–Trinajstić information content (AvgIpc) is 2.99. The van der Waals surface area contributed by atoms with Crippen molar-refractivity contribution >= 4 is 22.9 Å². The molecule has 1 aromatic carbocycles. The molecule has 6 nitrogen and oxygen atoms in total.